The van der Waals surface area contributed by atoms with Gasteiger partial charge >= 0.3 is 5.97 Å². The summed E-state index contributed by atoms with van der Waals surface area (Å²) in [6, 6.07) is 4.77. The zero-order chi connectivity index (χ0) is 18.3. The molecule has 0 saturated heterocycles. The number of hydrogen-bond donors (Lipinski definition) is 0. The lowest BCUT2D eigenvalue weighted by Gasteiger charge is -2.09. The van der Waals surface area contributed by atoms with Crippen molar-refractivity contribution >= 4 is 12.3 Å². The Morgan fingerprint density at radius 2 is 1.52 bits per heavy atom. The molecule has 0 aliphatic rings. The smallest absolute Gasteiger partial charge is 0.311 e. The van der Waals surface area contributed by atoms with Crippen molar-refractivity contribution < 1.29 is 19.1 Å². The van der Waals surface area contributed by atoms with E-state index in [2.05, 4.69) is 6.92 Å². The molecule has 0 fully saturated rings. The summed E-state index contributed by atoms with van der Waals surface area (Å²) in [6.07, 6.45) is 13.5. The fourth-order valence-corrected chi connectivity index (χ4v) is 2.77. The van der Waals surface area contributed by atoms with Crippen LogP contribution in [0.5, 0.6) is 11.5 Å². The lowest BCUT2D eigenvalue weighted by Crippen LogP contribution is -2.08. The monoisotopic (exact) mass is 348 g/mol. The second kappa shape index (κ2) is 13.5. The zero-order valence-electron chi connectivity index (χ0n) is 15.7. The van der Waals surface area contributed by atoms with E-state index in [0.29, 0.717) is 23.5 Å². The van der Waals surface area contributed by atoms with Crippen LogP contribution in [0.1, 0.15) is 87.9 Å². The highest BCUT2D eigenvalue weighted by Crippen LogP contribution is 2.28. The van der Waals surface area contributed by atoms with Gasteiger partial charge in [-0.15, -0.1) is 0 Å². The van der Waals surface area contributed by atoms with E-state index < -0.39 is 0 Å². The average molecular weight is 348 g/mol. The largest absolute Gasteiger partial charge is 0.493 e. The van der Waals surface area contributed by atoms with E-state index in [1.807, 2.05) is 0 Å². The second-order valence-electron chi connectivity index (χ2n) is 6.43. The maximum atomic E-state index is 11.9. The van der Waals surface area contributed by atoms with Gasteiger partial charge in [0.1, 0.15) is 6.29 Å². The third-order valence-corrected chi connectivity index (χ3v) is 4.28. The summed E-state index contributed by atoms with van der Waals surface area (Å²) in [5.41, 5.74) is 0.492. The fraction of sp³-hybridized carbons (Fsp3) is 0.619. The molecule has 140 valence electrons. The van der Waals surface area contributed by atoms with Crippen LogP contribution in [0.2, 0.25) is 0 Å². The molecule has 0 aliphatic heterocycles. The Hall–Kier alpha value is -1.84. The molecule has 0 spiro atoms. The Morgan fingerprint density at radius 1 is 0.920 bits per heavy atom. The molecule has 0 saturated carbocycles. The lowest BCUT2D eigenvalue weighted by molar-refractivity contribution is -0.134. The first kappa shape index (κ1) is 21.2. The standard InChI is InChI=1S/C21H32O4/c1-3-4-5-6-7-8-9-10-11-12-13-21(23)25-19-15-14-18(17-22)16-20(19)24-2/h14-17H,3-13H2,1-2H3. The Bertz CT molecular complexity index is 511. The van der Waals surface area contributed by atoms with Gasteiger partial charge in [0, 0.05) is 12.0 Å². The Labute approximate surface area is 151 Å². The highest BCUT2D eigenvalue weighted by molar-refractivity contribution is 5.78. The fourth-order valence-electron chi connectivity index (χ4n) is 2.77. The molecule has 0 aromatic heterocycles. The van der Waals surface area contributed by atoms with Crippen molar-refractivity contribution in [3.63, 3.8) is 0 Å². The number of benzene rings is 1. The molecule has 4 nitrogen and oxygen atoms in total. The highest BCUT2D eigenvalue weighted by Gasteiger charge is 2.10. The molecular weight excluding hydrogens is 316 g/mol. The second-order valence-corrected chi connectivity index (χ2v) is 6.43. The van der Waals surface area contributed by atoms with E-state index in [0.717, 1.165) is 19.1 Å². The minimum Gasteiger partial charge on any atom is -0.493 e. The van der Waals surface area contributed by atoms with Crippen LogP contribution in [0, 0.1) is 0 Å². The van der Waals surface area contributed by atoms with Crippen LogP contribution in [0.4, 0.5) is 0 Å². The van der Waals surface area contributed by atoms with Crippen LogP contribution in [-0.4, -0.2) is 19.4 Å². The van der Waals surface area contributed by atoms with Crippen LogP contribution in [-0.2, 0) is 4.79 Å². The molecule has 0 N–H and O–H groups in total. The Kier molecular flexibility index (Phi) is 11.4. The number of carbonyl (C=O) groups is 2. The number of carbonyl (C=O) groups excluding carboxylic acids is 2. The van der Waals surface area contributed by atoms with E-state index in [1.165, 1.54) is 58.5 Å². The van der Waals surface area contributed by atoms with Crippen LogP contribution < -0.4 is 9.47 Å². The van der Waals surface area contributed by atoms with Crippen LogP contribution in [0.25, 0.3) is 0 Å². The van der Waals surface area contributed by atoms with Gasteiger partial charge in [0.2, 0.25) is 0 Å². The molecule has 25 heavy (non-hydrogen) atoms. The molecule has 4 heteroatoms. The summed E-state index contributed by atoms with van der Waals surface area (Å²) >= 11 is 0. The topological polar surface area (TPSA) is 52.6 Å². The number of aldehydes is 1. The number of ether oxygens (including phenoxy) is 2. The summed E-state index contributed by atoms with van der Waals surface area (Å²) in [5, 5.41) is 0. The minimum atomic E-state index is -0.253. The Balaban J connectivity index is 2.14. The van der Waals surface area contributed by atoms with E-state index in [1.54, 1.807) is 18.2 Å². The number of rotatable bonds is 14. The summed E-state index contributed by atoms with van der Waals surface area (Å²) in [7, 11) is 1.49. The molecule has 0 aliphatic carbocycles. The first-order valence-corrected chi connectivity index (χ1v) is 9.55. The van der Waals surface area contributed by atoms with Gasteiger partial charge in [-0.05, 0) is 24.6 Å². The quantitative estimate of drug-likeness (QED) is 0.187. The van der Waals surface area contributed by atoms with Gasteiger partial charge in [0.25, 0.3) is 0 Å². The SMILES string of the molecule is CCCCCCCCCCCCC(=O)Oc1ccc(C=O)cc1OC. The normalized spacial score (nSPS) is 10.5. The first-order valence-electron chi connectivity index (χ1n) is 9.55. The van der Waals surface area contributed by atoms with Crippen molar-refractivity contribution in [2.75, 3.05) is 7.11 Å². The van der Waals surface area contributed by atoms with Gasteiger partial charge in [-0.3, -0.25) is 9.59 Å². The number of esters is 1. The summed E-state index contributed by atoms with van der Waals surface area (Å²) < 4.78 is 10.5. The molecule has 0 radical (unpaired) electrons. The molecule has 0 unspecified atom stereocenters. The van der Waals surface area contributed by atoms with E-state index in [4.69, 9.17) is 9.47 Å². The minimum absolute atomic E-state index is 0.253. The van der Waals surface area contributed by atoms with Gasteiger partial charge < -0.3 is 9.47 Å². The molecule has 1 aromatic rings. The molecule has 0 amide bonds. The van der Waals surface area contributed by atoms with Crippen LogP contribution in [0.15, 0.2) is 18.2 Å². The van der Waals surface area contributed by atoms with Crippen LogP contribution >= 0.6 is 0 Å². The maximum absolute atomic E-state index is 11.9. The van der Waals surface area contributed by atoms with E-state index >= 15 is 0 Å². The highest BCUT2D eigenvalue weighted by atomic mass is 16.6. The van der Waals surface area contributed by atoms with Crippen molar-refractivity contribution in [3.8, 4) is 11.5 Å². The van der Waals surface area contributed by atoms with Crippen molar-refractivity contribution in [1.82, 2.24) is 0 Å². The lowest BCUT2D eigenvalue weighted by atomic mass is 10.1. The molecule has 0 bridgehead atoms. The maximum Gasteiger partial charge on any atom is 0.311 e. The molecule has 1 rings (SSSR count). The number of unbranched alkanes of at least 4 members (excludes halogenated alkanes) is 9. The summed E-state index contributed by atoms with van der Waals surface area (Å²) in [6.45, 7) is 2.24. The van der Waals surface area contributed by atoms with Crippen LogP contribution in [0.3, 0.4) is 0 Å². The van der Waals surface area contributed by atoms with Crippen molar-refractivity contribution in [2.45, 2.75) is 77.6 Å². The van der Waals surface area contributed by atoms with Crippen molar-refractivity contribution in [2.24, 2.45) is 0 Å². The van der Waals surface area contributed by atoms with Gasteiger partial charge in [0.05, 0.1) is 7.11 Å². The summed E-state index contributed by atoms with van der Waals surface area (Å²) in [5.74, 6) is 0.517. The summed E-state index contributed by atoms with van der Waals surface area (Å²) in [4.78, 5) is 22.7. The van der Waals surface area contributed by atoms with E-state index in [9.17, 15) is 9.59 Å². The number of methoxy groups -OCH3 is 1. The molecular formula is C21H32O4. The van der Waals surface area contributed by atoms with Gasteiger partial charge in [0.15, 0.2) is 11.5 Å². The van der Waals surface area contributed by atoms with Gasteiger partial charge in [-0.25, -0.2) is 0 Å². The predicted octanol–water partition coefficient (Wildman–Crippen LogP) is 5.72. The molecule has 1 aromatic carbocycles. The molecule has 0 heterocycles. The third kappa shape index (κ3) is 9.28. The van der Waals surface area contributed by atoms with Gasteiger partial charge in [-0.2, -0.15) is 0 Å². The Morgan fingerprint density at radius 3 is 2.08 bits per heavy atom. The van der Waals surface area contributed by atoms with Crippen molar-refractivity contribution in [1.29, 1.82) is 0 Å². The number of hydrogen-bond acceptors (Lipinski definition) is 4. The zero-order valence-corrected chi connectivity index (χ0v) is 15.7. The van der Waals surface area contributed by atoms with Gasteiger partial charge in [-0.1, -0.05) is 64.7 Å². The van der Waals surface area contributed by atoms with E-state index in [-0.39, 0.29) is 5.97 Å². The third-order valence-electron chi connectivity index (χ3n) is 4.28. The molecule has 0 atom stereocenters. The van der Waals surface area contributed by atoms with Crippen molar-refractivity contribution in [3.05, 3.63) is 23.8 Å². The first-order chi connectivity index (χ1) is 12.2. The average Bonchev–Trinajstić information content (AvgIpc) is 2.63. The predicted molar refractivity (Wildman–Crippen MR) is 100 cm³/mol.